The summed E-state index contributed by atoms with van der Waals surface area (Å²) >= 11 is 0. The Labute approximate surface area is 94.5 Å². The molecule has 0 N–H and O–H groups in total. The molecule has 0 spiro atoms. The van der Waals surface area contributed by atoms with E-state index in [1.807, 2.05) is 30.3 Å². The normalized spacial score (nSPS) is 19.4. The number of imide groups is 1. The molecule has 2 rings (SSSR count). The third-order valence-electron chi connectivity index (χ3n) is 2.88. The van der Waals surface area contributed by atoms with Gasteiger partial charge in [0.05, 0.1) is 0 Å². The second kappa shape index (κ2) is 3.33. The molecular weight excluding hydrogens is 204 g/mol. The Hall–Kier alpha value is -1.84. The summed E-state index contributed by atoms with van der Waals surface area (Å²) in [5.41, 5.74) is -0.0668. The van der Waals surface area contributed by atoms with Crippen LogP contribution in [0.3, 0.4) is 0 Å². The van der Waals surface area contributed by atoms with Crippen LogP contribution in [-0.4, -0.2) is 29.4 Å². The topological polar surface area (TPSA) is 40.6 Å². The summed E-state index contributed by atoms with van der Waals surface area (Å²) in [7, 11) is 1.51. The highest BCUT2D eigenvalue weighted by Gasteiger charge is 2.50. The van der Waals surface area contributed by atoms with Gasteiger partial charge in [0.15, 0.2) is 0 Å². The summed E-state index contributed by atoms with van der Waals surface area (Å²) in [6.07, 6.45) is 0. The number of para-hydroxylation sites is 1. The number of benzene rings is 1. The van der Waals surface area contributed by atoms with Crippen LogP contribution in [0.5, 0.6) is 0 Å². The summed E-state index contributed by atoms with van der Waals surface area (Å²) < 4.78 is 0. The molecule has 0 atom stereocenters. The number of amides is 3. The molecule has 0 aromatic heterocycles. The molecule has 0 aliphatic carbocycles. The zero-order valence-corrected chi connectivity index (χ0v) is 9.60. The Morgan fingerprint density at radius 3 is 2.06 bits per heavy atom. The number of rotatable bonds is 1. The summed E-state index contributed by atoms with van der Waals surface area (Å²) in [5.74, 6) is -0.179. The van der Waals surface area contributed by atoms with Crippen LogP contribution in [-0.2, 0) is 4.79 Å². The number of carbonyl (C=O) groups is 2. The van der Waals surface area contributed by atoms with Gasteiger partial charge in [-0.25, -0.2) is 4.79 Å². The van der Waals surface area contributed by atoms with E-state index in [0.29, 0.717) is 0 Å². The van der Waals surface area contributed by atoms with Gasteiger partial charge in [-0.1, -0.05) is 18.2 Å². The van der Waals surface area contributed by atoms with E-state index in [0.717, 1.165) is 10.6 Å². The fourth-order valence-corrected chi connectivity index (χ4v) is 1.99. The van der Waals surface area contributed by atoms with Crippen molar-refractivity contribution in [1.29, 1.82) is 0 Å². The smallest absolute Gasteiger partial charge is 0.279 e. The Kier molecular flexibility index (Phi) is 2.22. The predicted octanol–water partition coefficient (Wildman–Crippen LogP) is 1.86. The van der Waals surface area contributed by atoms with Crippen molar-refractivity contribution in [2.24, 2.45) is 0 Å². The van der Waals surface area contributed by atoms with E-state index >= 15 is 0 Å². The second-order valence-corrected chi connectivity index (χ2v) is 4.38. The highest BCUT2D eigenvalue weighted by atomic mass is 16.2. The molecule has 3 amide bonds. The molecule has 0 bridgehead atoms. The fraction of sp³-hybridized carbons (Fsp3) is 0.333. The lowest BCUT2D eigenvalue weighted by molar-refractivity contribution is -0.128. The van der Waals surface area contributed by atoms with Crippen molar-refractivity contribution in [2.75, 3.05) is 11.9 Å². The van der Waals surface area contributed by atoms with E-state index in [1.54, 1.807) is 13.8 Å². The number of nitrogens with zero attached hydrogens (tertiary/aromatic N) is 2. The van der Waals surface area contributed by atoms with Gasteiger partial charge in [0, 0.05) is 12.7 Å². The number of hydrogen-bond acceptors (Lipinski definition) is 2. The maximum atomic E-state index is 12.0. The lowest BCUT2D eigenvalue weighted by Crippen LogP contribution is -2.44. The molecule has 1 aromatic rings. The molecule has 1 aliphatic heterocycles. The van der Waals surface area contributed by atoms with Gasteiger partial charge >= 0.3 is 6.03 Å². The van der Waals surface area contributed by atoms with E-state index < -0.39 is 5.54 Å². The van der Waals surface area contributed by atoms with Gasteiger partial charge in [-0.05, 0) is 26.0 Å². The van der Waals surface area contributed by atoms with E-state index in [2.05, 4.69) is 0 Å². The van der Waals surface area contributed by atoms with Crippen LogP contribution < -0.4 is 4.90 Å². The summed E-state index contributed by atoms with van der Waals surface area (Å²) in [4.78, 5) is 26.5. The molecule has 84 valence electrons. The monoisotopic (exact) mass is 218 g/mol. The van der Waals surface area contributed by atoms with Gasteiger partial charge in [0.1, 0.15) is 5.54 Å². The van der Waals surface area contributed by atoms with Gasteiger partial charge in [-0.2, -0.15) is 0 Å². The lowest BCUT2D eigenvalue weighted by Gasteiger charge is -2.27. The van der Waals surface area contributed by atoms with Crippen LogP contribution in [0, 0.1) is 0 Å². The molecule has 1 fully saturated rings. The number of urea groups is 1. The molecule has 1 saturated heterocycles. The molecular formula is C12H14N2O2. The SMILES string of the molecule is CN1C(=O)N(c2ccccc2)C(C)(C)C1=O. The number of anilines is 1. The van der Waals surface area contributed by atoms with Crippen molar-refractivity contribution in [3.8, 4) is 0 Å². The first-order valence-corrected chi connectivity index (χ1v) is 5.13. The van der Waals surface area contributed by atoms with E-state index in [-0.39, 0.29) is 11.9 Å². The molecule has 1 heterocycles. The standard InChI is InChI=1S/C12H14N2O2/c1-12(2)10(15)13(3)11(16)14(12)9-7-5-4-6-8-9/h4-8H,1-3H3. The minimum absolute atomic E-state index is 0.179. The molecule has 4 nitrogen and oxygen atoms in total. The molecule has 16 heavy (non-hydrogen) atoms. The van der Waals surface area contributed by atoms with Crippen LogP contribution in [0.1, 0.15) is 13.8 Å². The van der Waals surface area contributed by atoms with Crippen LogP contribution in [0.15, 0.2) is 30.3 Å². The maximum Gasteiger partial charge on any atom is 0.331 e. The van der Waals surface area contributed by atoms with Crippen LogP contribution in [0.25, 0.3) is 0 Å². The first-order valence-electron chi connectivity index (χ1n) is 5.13. The summed E-state index contributed by atoms with van der Waals surface area (Å²) in [6, 6.07) is 8.95. The van der Waals surface area contributed by atoms with E-state index in [1.165, 1.54) is 11.9 Å². The van der Waals surface area contributed by atoms with Crippen molar-refractivity contribution < 1.29 is 9.59 Å². The van der Waals surface area contributed by atoms with Gasteiger partial charge in [-0.15, -0.1) is 0 Å². The zero-order valence-electron chi connectivity index (χ0n) is 9.60. The van der Waals surface area contributed by atoms with Gasteiger partial charge in [0.25, 0.3) is 5.91 Å². The average Bonchev–Trinajstić information content (AvgIpc) is 2.41. The summed E-state index contributed by atoms with van der Waals surface area (Å²) in [5, 5.41) is 0. The van der Waals surface area contributed by atoms with Crippen LogP contribution >= 0.6 is 0 Å². The van der Waals surface area contributed by atoms with Crippen molar-refractivity contribution in [1.82, 2.24) is 4.90 Å². The zero-order chi connectivity index (χ0) is 11.9. The summed E-state index contributed by atoms with van der Waals surface area (Å²) in [6.45, 7) is 3.51. The third-order valence-corrected chi connectivity index (χ3v) is 2.88. The number of carbonyl (C=O) groups excluding carboxylic acids is 2. The molecule has 0 radical (unpaired) electrons. The molecule has 1 aliphatic rings. The van der Waals surface area contributed by atoms with Crippen molar-refractivity contribution in [3.63, 3.8) is 0 Å². The predicted molar refractivity (Wildman–Crippen MR) is 61.2 cm³/mol. The minimum atomic E-state index is -0.812. The highest BCUT2D eigenvalue weighted by molar-refractivity contribution is 6.16. The largest absolute Gasteiger partial charge is 0.331 e. The van der Waals surface area contributed by atoms with Crippen molar-refractivity contribution in [2.45, 2.75) is 19.4 Å². The first-order chi connectivity index (χ1) is 7.46. The number of hydrogen-bond donors (Lipinski definition) is 0. The number of likely N-dealkylation sites (N-methyl/N-ethyl adjacent to an activating group) is 1. The third kappa shape index (κ3) is 1.30. The average molecular weight is 218 g/mol. The Bertz CT molecular complexity index is 440. The van der Waals surface area contributed by atoms with Gasteiger partial charge in [-0.3, -0.25) is 14.6 Å². The van der Waals surface area contributed by atoms with Crippen molar-refractivity contribution in [3.05, 3.63) is 30.3 Å². The Morgan fingerprint density at radius 2 is 1.62 bits per heavy atom. The van der Waals surface area contributed by atoms with E-state index in [9.17, 15) is 9.59 Å². The minimum Gasteiger partial charge on any atom is -0.279 e. The molecule has 0 saturated carbocycles. The van der Waals surface area contributed by atoms with Crippen LogP contribution in [0.2, 0.25) is 0 Å². The maximum absolute atomic E-state index is 12.0. The quantitative estimate of drug-likeness (QED) is 0.675. The van der Waals surface area contributed by atoms with E-state index in [4.69, 9.17) is 0 Å². The first kappa shape index (κ1) is 10.7. The fourth-order valence-electron chi connectivity index (χ4n) is 1.99. The molecule has 4 heteroatoms. The second-order valence-electron chi connectivity index (χ2n) is 4.38. The lowest BCUT2D eigenvalue weighted by atomic mass is 10.0. The molecule has 0 unspecified atom stereocenters. The van der Waals surface area contributed by atoms with Gasteiger partial charge in [0.2, 0.25) is 0 Å². The Balaban J connectivity index is 2.49. The molecule has 1 aromatic carbocycles. The van der Waals surface area contributed by atoms with Crippen LogP contribution in [0.4, 0.5) is 10.5 Å². The Morgan fingerprint density at radius 1 is 1.06 bits per heavy atom. The van der Waals surface area contributed by atoms with Crippen molar-refractivity contribution >= 4 is 17.6 Å². The van der Waals surface area contributed by atoms with Gasteiger partial charge < -0.3 is 0 Å². The highest BCUT2D eigenvalue weighted by Crippen LogP contribution is 2.31.